The molecule has 1 unspecified atom stereocenters. The van der Waals surface area contributed by atoms with Crippen LogP contribution in [0.15, 0.2) is 24.3 Å². The summed E-state index contributed by atoms with van der Waals surface area (Å²) in [6, 6.07) is 7.49. The van der Waals surface area contributed by atoms with Gasteiger partial charge in [-0.3, -0.25) is 9.59 Å². The summed E-state index contributed by atoms with van der Waals surface area (Å²) in [6.07, 6.45) is 1.02. The summed E-state index contributed by atoms with van der Waals surface area (Å²) >= 11 is 0. The summed E-state index contributed by atoms with van der Waals surface area (Å²) in [4.78, 5) is 22.7. The second-order valence-corrected chi connectivity index (χ2v) is 5.87. The van der Waals surface area contributed by atoms with Crippen molar-refractivity contribution in [3.05, 3.63) is 29.8 Å². The van der Waals surface area contributed by atoms with Crippen LogP contribution in [-0.2, 0) is 9.59 Å². The SMILES string of the molecule is CC(C)CCOc1ccc(C(C)NC(=O)CNC(=O)CN)cc1. The van der Waals surface area contributed by atoms with Crippen molar-refractivity contribution in [2.75, 3.05) is 19.7 Å². The van der Waals surface area contributed by atoms with Crippen molar-refractivity contribution in [1.82, 2.24) is 10.6 Å². The molecule has 6 heteroatoms. The summed E-state index contributed by atoms with van der Waals surface area (Å²) in [5.41, 5.74) is 6.13. The van der Waals surface area contributed by atoms with Crippen molar-refractivity contribution in [2.45, 2.75) is 33.2 Å². The number of rotatable bonds is 9. The van der Waals surface area contributed by atoms with Gasteiger partial charge in [0.1, 0.15) is 5.75 Å². The number of benzene rings is 1. The third-order valence-corrected chi connectivity index (χ3v) is 3.35. The molecule has 1 rings (SSSR count). The van der Waals surface area contributed by atoms with Crippen molar-refractivity contribution in [3.63, 3.8) is 0 Å². The minimum Gasteiger partial charge on any atom is -0.494 e. The molecule has 0 radical (unpaired) electrons. The average molecular weight is 321 g/mol. The summed E-state index contributed by atoms with van der Waals surface area (Å²) in [5.74, 6) is 0.833. The number of hydrogen-bond acceptors (Lipinski definition) is 4. The number of hydrogen-bond donors (Lipinski definition) is 3. The topological polar surface area (TPSA) is 93.5 Å². The van der Waals surface area contributed by atoms with Crippen LogP contribution in [0.2, 0.25) is 0 Å². The molecule has 23 heavy (non-hydrogen) atoms. The van der Waals surface area contributed by atoms with Gasteiger partial charge in [0.2, 0.25) is 11.8 Å². The van der Waals surface area contributed by atoms with E-state index >= 15 is 0 Å². The van der Waals surface area contributed by atoms with Gasteiger partial charge in [-0.05, 0) is 37.0 Å². The van der Waals surface area contributed by atoms with Crippen molar-refractivity contribution in [3.8, 4) is 5.75 Å². The maximum absolute atomic E-state index is 11.7. The number of nitrogens with two attached hydrogens (primary N) is 1. The maximum atomic E-state index is 11.7. The normalized spacial score (nSPS) is 11.9. The number of nitrogens with one attached hydrogen (secondary N) is 2. The van der Waals surface area contributed by atoms with Crippen molar-refractivity contribution in [1.29, 1.82) is 0 Å². The molecule has 0 saturated heterocycles. The van der Waals surface area contributed by atoms with E-state index < -0.39 is 0 Å². The molecule has 0 spiro atoms. The lowest BCUT2D eigenvalue weighted by molar-refractivity contribution is -0.125. The van der Waals surface area contributed by atoms with Crippen LogP contribution in [-0.4, -0.2) is 31.5 Å². The number of carbonyl (C=O) groups excluding carboxylic acids is 2. The van der Waals surface area contributed by atoms with Crippen LogP contribution in [0.25, 0.3) is 0 Å². The monoisotopic (exact) mass is 321 g/mol. The molecular formula is C17H27N3O3. The van der Waals surface area contributed by atoms with Gasteiger partial charge in [0, 0.05) is 0 Å². The van der Waals surface area contributed by atoms with Gasteiger partial charge in [0.05, 0.1) is 25.7 Å². The Morgan fingerprint density at radius 2 is 1.78 bits per heavy atom. The van der Waals surface area contributed by atoms with Crippen LogP contribution in [0.5, 0.6) is 5.75 Å². The molecule has 6 nitrogen and oxygen atoms in total. The molecule has 4 N–H and O–H groups in total. The number of amides is 2. The van der Waals surface area contributed by atoms with E-state index in [1.165, 1.54) is 0 Å². The molecule has 0 fully saturated rings. The Hall–Kier alpha value is -2.08. The Morgan fingerprint density at radius 1 is 1.13 bits per heavy atom. The highest BCUT2D eigenvalue weighted by molar-refractivity contribution is 5.85. The largest absolute Gasteiger partial charge is 0.494 e. The van der Waals surface area contributed by atoms with Crippen LogP contribution < -0.4 is 21.1 Å². The van der Waals surface area contributed by atoms with Crippen LogP contribution in [0, 0.1) is 5.92 Å². The molecule has 0 bridgehead atoms. The predicted octanol–water partition coefficient (Wildman–Crippen LogP) is 1.36. The highest BCUT2D eigenvalue weighted by atomic mass is 16.5. The van der Waals surface area contributed by atoms with E-state index in [1.54, 1.807) is 0 Å². The average Bonchev–Trinajstić information content (AvgIpc) is 2.52. The Morgan fingerprint density at radius 3 is 2.35 bits per heavy atom. The molecule has 0 saturated carbocycles. The highest BCUT2D eigenvalue weighted by Gasteiger charge is 2.10. The lowest BCUT2D eigenvalue weighted by Crippen LogP contribution is -2.40. The molecule has 1 atom stereocenters. The van der Waals surface area contributed by atoms with Crippen LogP contribution in [0.4, 0.5) is 0 Å². The highest BCUT2D eigenvalue weighted by Crippen LogP contribution is 2.18. The van der Waals surface area contributed by atoms with Crippen LogP contribution in [0.3, 0.4) is 0 Å². The van der Waals surface area contributed by atoms with Crippen molar-refractivity contribution in [2.24, 2.45) is 11.7 Å². The summed E-state index contributed by atoms with van der Waals surface area (Å²) in [6.45, 7) is 6.71. The fourth-order valence-electron chi connectivity index (χ4n) is 1.89. The van der Waals surface area contributed by atoms with Gasteiger partial charge in [0.25, 0.3) is 0 Å². The van der Waals surface area contributed by atoms with Crippen molar-refractivity contribution < 1.29 is 14.3 Å². The molecule has 128 valence electrons. The van der Waals surface area contributed by atoms with E-state index in [0.29, 0.717) is 12.5 Å². The third kappa shape index (κ3) is 7.65. The summed E-state index contributed by atoms with van der Waals surface area (Å²) in [7, 11) is 0. The van der Waals surface area contributed by atoms with E-state index in [9.17, 15) is 9.59 Å². The van der Waals surface area contributed by atoms with E-state index in [1.807, 2.05) is 31.2 Å². The van der Waals surface area contributed by atoms with E-state index in [2.05, 4.69) is 24.5 Å². The standard InChI is InChI=1S/C17H27N3O3/c1-12(2)8-9-23-15-6-4-14(5-7-15)13(3)20-17(22)11-19-16(21)10-18/h4-7,12-13H,8-11,18H2,1-3H3,(H,19,21)(H,20,22). The van der Waals surface area contributed by atoms with E-state index in [4.69, 9.17) is 10.5 Å². The number of carbonyl (C=O) groups is 2. The summed E-state index contributed by atoms with van der Waals surface area (Å²) < 4.78 is 5.66. The predicted molar refractivity (Wildman–Crippen MR) is 90.0 cm³/mol. The molecule has 1 aromatic carbocycles. The molecular weight excluding hydrogens is 294 g/mol. The Kier molecular flexibility index (Phi) is 8.11. The lowest BCUT2D eigenvalue weighted by atomic mass is 10.1. The lowest BCUT2D eigenvalue weighted by Gasteiger charge is -2.15. The second-order valence-electron chi connectivity index (χ2n) is 5.87. The molecule has 0 aromatic heterocycles. The molecule has 2 amide bonds. The molecule has 1 aromatic rings. The molecule has 0 aliphatic heterocycles. The van der Waals surface area contributed by atoms with E-state index in [-0.39, 0.29) is 30.9 Å². The van der Waals surface area contributed by atoms with Crippen LogP contribution in [0.1, 0.15) is 38.8 Å². The van der Waals surface area contributed by atoms with Gasteiger partial charge in [-0.2, -0.15) is 0 Å². The van der Waals surface area contributed by atoms with Gasteiger partial charge in [-0.1, -0.05) is 26.0 Å². The zero-order valence-corrected chi connectivity index (χ0v) is 14.1. The van der Waals surface area contributed by atoms with Gasteiger partial charge < -0.3 is 21.1 Å². The van der Waals surface area contributed by atoms with Gasteiger partial charge in [0.15, 0.2) is 0 Å². The van der Waals surface area contributed by atoms with Gasteiger partial charge >= 0.3 is 0 Å². The zero-order valence-electron chi connectivity index (χ0n) is 14.1. The number of ether oxygens (including phenoxy) is 1. The Balaban J connectivity index is 2.42. The fraction of sp³-hybridized carbons (Fsp3) is 0.529. The van der Waals surface area contributed by atoms with Crippen molar-refractivity contribution >= 4 is 11.8 Å². The minimum atomic E-state index is -0.351. The van der Waals surface area contributed by atoms with Gasteiger partial charge in [-0.25, -0.2) is 0 Å². The van der Waals surface area contributed by atoms with E-state index in [0.717, 1.165) is 17.7 Å². The van der Waals surface area contributed by atoms with Crippen LogP contribution >= 0.6 is 0 Å². The molecule has 0 aliphatic carbocycles. The first kappa shape index (κ1) is 19.0. The minimum absolute atomic E-state index is 0.0726. The first-order chi connectivity index (χ1) is 10.9. The quantitative estimate of drug-likeness (QED) is 0.640. The first-order valence-electron chi connectivity index (χ1n) is 7.91. The maximum Gasteiger partial charge on any atom is 0.239 e. The Bertz CT molecular complexity index is 500. The molecule has 0 aliphatic rings. The van der Waals surface area contributed by atoms with Gasteiger partial charge in [-0.15, -0.1) is 0 Å². The smallest absolute Gasteiger partial charge is 0.239 e. The first-order valence-corrected chi connectivity index (χ1v) is 7.91. The zero-order chi connectivity index (χ0) is 17.2. The third-order valence-electron chi connectivity index (χ3n) is 3.35. The fourth-order valence-corrected chi connectivity index (χ4v) is 1.89. The summed E-state index contributed by atoms with van der Waals surface area (Å²) in [5, 5.41) is 5.25. The molecule has 0 heterocycles. The second kappa shape index (κ2) is 9.84. The Labute approximate surface area is 137 Å².